The fourth-order valence-electron chi connectivity index (χ4n) is 1.63. The minimum Gasteiger partial charge on any atom is -0.383 e. The van der Waals surface area contributed by atoms with Gasteiger partial charge in [0.15, 0.2) is 5.78 Å². The Kier molecular flexibility index (Phi) is 3.21. The van der Waals surface area contributed by atoms with Crippen LogP contribution in [0.2, 0.25) is 0 Å². The van der Waals surface area contributed by atoms with E-state index >= 15 is 0 Å². The van der Waals surface area contributed by atoms with Crippen LogP contribution in [0.5, 0.6) is 0 Å². The summed E-state index contributed by atoms with van der Waals surface area (Å²) in [7, 11) is 3.85. The van der Waals surface area contributed by atoms with Gasteiger partial charge in [-0.25, -0.2) is 0 Å². The molecule has 4 heteroatoms. The van der Waals surface area contributed by atoms with Crippen molar-refractivity contribution in [2.24, 2.45) is 0 Å². The maximum Gasteiger partial charge on any atom is 0.197 e. The summed E-state index contributed by atoms with van der Waals surface area (Å²) in [5, 5.41) is 2.04. The van der Waals surface area contributed by atoms with E-state index in [-0.39, 0.29) is 5.78 Å². The fourth-order valence-corrected chi connectivity index (χ4v) is 3.33. The Balaban J connectivity index is 2.47. The van der Waals surface area contributed by atoms with Gasteiger partial charge in [0, 0.05) is 25.9 Å². The number of nitrogens with zero attached hydrogens (tertiary/aromatic N) is 1. The maximum atomic E-state index is 12.2. The Morgan fingerprint density at radius 3 is 2.75 bits per heavy atom. The molecule has 0 bridgehead atoms. The normalized spacial score (nSPS) is 16.7. The number of hydrogen-bond donors (Lipinski definition) is 0. The summed E-state index contributed by atoms with van der Waals surface area (Å²) < 4.78 is 1.11. The number of thioether (sulfide) groups is 1. The first-order valence-electron chi connectivity index (χ1n) is 4.90. The highest BCUT2D eigenvalue weighted by molar-refractivity contribution is 8.00. The predicted octanol–water partition coefficient (Wildman–Crippen LogP) is 3.13. The molecule has 1 heterocycles. The molecule has 1 aromatic rings. The number of allylic oxidation sites excluding steroid dienone is 2. The van der Waals surface area contributed by atoms with Crippen molar-refractivity contribution in [3.05, 3.63) is 34.4 Å². The third-order valence-corrected chi connectivity index (χ3v) is 4.45. The number of fused-ring (bicyclic) bond motifs is 1. The standard InChI is InChI=1S/C12H13NOS2/c1-13(2)6-8-4-5-9-7-16-12(15-3)10(9)11(8)14/h4-7H,1-3H3/b8-6+. The molecule has 0 amide bonds. The zero-order valence-electron chi connectivity index (χ0n) is 9.48. The van der Waals surface area contributed by atoms with E-state index in [9.17, 15) is 4.79 Å². The second kappa shape index (κ2) is 4.47. The van der Waals surface area contributed by atoms with Crippen LogP contribution in [0.25, 0.3) is 6.08 Å². The Hall–Kier alpha value is -1.00. The Labute approximate surface area is 104 Å². The van der Waals surface area contributed by atoms with Crippen molar-refractivity contribution in [1.82, 2.24) is 4.90 Å². The third kappa shape index (κ3) is 1.95. The van der Waals surface area contributed by atoms with Gasteiger partial charge in [0.1, 0.15) is 0 Å². The van der Waals surface area contributed by atoms with E-state index in [1.54, 1.807) is 23.1 Å². The van der Waals surface area contributed by atoms with Crippen LogP contribution in [0, 0.1) is 0 Å². The number of thiophene rings is 1. The molecule has 0 aromatic carbocycles. The summed E-state index contributed by atoms with van der Waals surface area (Å²) in [6, 6.07) is 0. The molecular weight excluding hydrogens is 238 g/mol. The molecule has 1 aromatic heterocycles. The van der Waals surface area contributed by atoms with Crippen molar-refractivity contribution in [2.45, 2.75) is 4.21 Å². The van der Waals surface area contributed by atoms with E-state index in [0.29, 0.717) is 0 Å². The van der Waals surface area contributed by atoms with Gasteiger partial charge in [0.25, 0.3) is 0 Å². The Bertz CT molecular complexity index is 483. The molecule has 0 unspecified atom stereocenters. The van der Waals surface area contributed by atoms with E-state index < -0.39 is 0 Å². The highest BCUT2D eigenvalue weighted by Crippen LogP contribution is 2.35. The number of hydrogen-bond acceptors (Lipinski definition) is 4. The minimum atomic E-state index is 0.136. The molecule has 0 N–H and O–H groups in total. The third-order valence-electron chi connectivity index (χ3n) is 2.30. The second-order valence-corrected chi connectivity index (χ2v) is 5.72. The van der Waals surface area contributed by atoms with Crippen LogP contribution in [-0.2, 0) is 0 Å². The molecule has 0 atom stereocenters. The fraction of sp³-hybridized carbons (Fsp3) is 0.250. The first kappa shape index (κ1) is 11.5. The van der Waals surface area contributed by atoms with Crippen LogP contribution in [0.3, 0.4) is 0 Å². The lowest BCUT2D eigenvalue weighted by molar-refractivity contribution is 0.103. The molecule has 2 nitrogen and oxygen atoms in total. The van der Waals surface area contributed by atoms with E-state index in [2.05, 4.69) is 0 Å². The molecule has 0 radical (unpaired) electrons. The number of rotatable bonds is 2. The summed E-state index contributed by atoms with van der Waals surface area (Å²) in [6.45, 7) is 0. The van der Waals surface area contributed by atoms with Gasteiger partial charge in [0.2, 0.25) is 0 Å². The number of Topliss-reactive ketones (excluding diaryl/α,β-unsaturated/α-hetero) is 1. The molecule has 16 heavy (non-hydrogen) atoms. The molecule has 0 saturated heterocycles. The van der Waals surface area contributed by atoms with Gasteiger partial charge in [-0.3, -0.25) is 4.79 Å². The van der Waals surface area contributed by atoms with Gasteiger partial charge in [-0.2, -0.15) is 0 Å². The zero-order valence-corrected chi connectivity index (χ0v) is 11.1. The van der Waals surface area contributed by atoms with Crippen LogP contribution in [-0.4, -0.2) is 31.0 Å². The SMILES string of the molecule is CSc1scc2c1C(=O)/C(=C/N(C)C)C=C2. The van der Waals surface area contributed by atoms with Crippen molar-refractivity contribution in [3.8, 4) is 0 Å². The molecule has 0 saturated carbocycles. The van der Waals surface area contributed by atoms with Crippen molar-refractivity contribution in [1.29, 1.82) is 0 Å². The van der Waals surface area contributed by atoms with Gasteiger partial charge < -0.3 is 4.90 Å². The quantitative estimate of drug-likeness (QED) is 0.595. The largest absolute Gasteiger partial charge is 0.383 e. The van der Waals surface area contributed by atoms with Crippen LogP contribution in [0.4, 0.5) is 0 Å². The summed E-state index contributed by atoms with van der Waals surface area (Å²) in [6.07, 6.45) is 7.78. The van der Waals surface area contributed by atoms with Crippen molar-refractivity contribution < 1.29 is 4.79 Å². The van der Waals surface area contributed by atoms with Crippen molar-refractivity contribution in [3.63, 3.8) is 0 Å². The molecule has 1 aliphatic rings. The molecule has 0 fully saturated rings. The van der Waals surface area contributed by atoms with Gasteiger partial charge >= 0.3 is 0 Å². The van der Waals surface area contributed by atoms with Gasteiger partial charge in [0.05, 0.1) is 9.77 Å². The van der Waals surface area contributed by atoms with Crippen LogP contribution in [0.1, 0.15) is 15.9 Å². The Morgan fingerprint density at radius 1 is 1.38 bits per heavy atom. The molecule has 0 aliphatic heterocycles. The van der Waals surface area contributed by atoms with Crippen molar-refractivity contribution in [2.75, 3.05) is 20.4 Å². The summed E-state index contributed by atoms with van der Waals surface area (Å²) in [4.78, 5) is 14.1. The monoisotopic (exact) mass is 251 g/mol. The highest BCUT2D eigenvalue weighted by Gasteiger charge is 2.22. The van der Waals surface area contributed by atoms with E-state index in [1.165, 1.54) is 0 Å². The number of carbonyl (C=O) groups is 1. The summed E-state index contributed by atoms with van der Waals surface area (Å²) in [5.41, 5.74) is 2.68. The van der Waals surface area contributed by atoms with Gasteiger partial charge in [-0.1, -0.05) is 6.08 Å². The smallest absolute Gasteiger partial charge is 0.197 e. The average Bonchev–Trinajstić information content (AvgIpc) is 2.65. The first-order chi connectivity index (χ1) is 7.63. The lowest BCUT2D eigenvalue weighted by Crippen LogP contribution is -2.11. The van der Waals surface area contributed by atoms with E-state index in [4.69, 9.17) is 0 Å². The number of ketones is 1. The molecular formula is C12H13NOS2. The van der Waals surface area contributed by atoms with Crippen LogP contribution >= 0.6 is 23.1 Å². The van der Waals surface area contributed by atoms with Crippen LogP contribution < -0.4 is 0 Å². The van der Waals surface area contributed by atoms with E-state index in [0.717, 1.165) is 20.9 Å². The summed E-state index contributed by atoms with van der Waals surface area (Å²) >= 11 is 3.28. The predicted molar refractivity (Wildman–Crippen MR) is 71.2 cm³/mol. The topological polar surface area (TPSA) is 20.3 Å². The zero-order chi connectivity index (χ0) is 11.7. The lowest BCUT2D eigenvalue weighted by Gasteiger charge is -2.12. The summed E-state index contributed by atoms with van der Waals surface area (Å²) in [5.74, 6) is 0.136. The average molecular weight is 251 g/mol. The number of carbonyl (C=O) groups excluding carboxylic acids is 1. The van der Waals surface area contributed by atoms with E-state index in [1.807, 2.05) is 49.0 Å². The highest BCUT2D eigenvalue weighted by atomic mass is 32.2. The van der Waals surface area contributed by atoms with Crippen LogP contribution in [0.15, 0.2) is 27.4 Å². The lowest BCUT2D eigenvalue weighted by atomic mass is 9.97. The second-order valence-electron chi connectivity index (χ2n) is 3.77. The van der Waals surface area contributed by atoms with Gasteiger partial charge in [-0.05, 0) is 23.3 Å². The molecule has 0 spiro atoms. The molecule has 1 aliphatic carbocycles. The van der Waals surface area contributed by atoms with Crippen molar-refractivity contribution >= 4 is 35.0 Å². The van der Waals surface area contributed by atoms with Gasteiger partial charge in [-0.15, -0.1) is 23.1 Å². The minimum absolute atomic E-state index is 0.136. The first-order valence-corrected chi connectivity index (χ1v) is 7.00. The Morgan fingerprint density at radius 2 is 2.12 bits per heavy atom. The molecule has 2 rings (SSSR count). The molecule has 84 valence electrons. The maximum absolute atomic E-state index is 12.2.